The molecule has 0 saturated heterocycles. The monoisotopic (exact) mass is 377 g/mol. The summed E-state index contributed by atoms with van der Waals surface area (Å²) in [4.78, 5) is 4.55. The van der Waals surface area contributed by atoms with Gasteiger partial charge in [0.25, 0.3) is 0 Å². The van der Waals surface area contributed by atoms with Crippen molar-refractivity contribution in [1.82, 2.24) is 24.1 Å². The first-order valence-electron chi connectivity index (χ1n) is 8.84. The maximum atomic E-state index is 4.80. The Bertz CT molecular complexity index is 1040. The third-order valence-corrected chi connectivity index (χ3v) is 6.57. The maximum absolute atomic E-state index is 4.80. The summed E-state index contributed by atoms with van der Waals surface area (Å²) in [7, 11) is -1.06. The van der Waals surface area contributed by atoms with Crippen LogP contribution in [0.4, 0.5) is 0 Å². The molecule has 4 aromatic rings. The Hall–Kier alpha value is -2.85. The van der Waals surface area contributed by atoms with E-state index in [0.29, 0.717) is 0 Å². The van der Waals surface area contributed by atoms with Crippen LogP contribution in [-0.4, -0.2) is 24.1 Å². The third-order valence-electron chi connectivity index (χ3n) is 4.27. The normalized spacial score (nSPS) is 11.3. The number of aryl methyl sites for hydroxylation is 4. The molecule has 4 aromatic heterocycles. The number of aromatic nitrogens is 6. The van der Waals surface area contributed by atoms with Crippen LogP contribution in [0.5, 0.6) is 0 Å². The molecule has 0 fully saturated rings. The molecule has 136 valence electrons. The minimum absolute atomic E-state index is 0.878. The fourth-order valence-corrected chi connectivity index (χ4v) is 5.47. The highest BCUT2D eigenvalue weighted by Crippen LogP contribution is 2.38. The molecule has 0 amide bonds. The zero-order valence-electron chi connectivity index (χ0n) is 15.9. The second-order valence-electron chi connectivity index (χ2n) is 6.54. The number of hydrogen-bond donors (Lipinski definition) is 0. The van der Waals surface area contributed by atoms with Gasteiger partial charge in [0.05, 0.1) is 17.6 Å². The summed E-state index contributed by atoms with van der Waals surface area (Å²) in [5.74, 6) is 0.878. The topological polar surface area (TPSA) is 52.4 Å². The smallest absolute Gasteiger partial charge is 0.219 e. The van der Waals surface area contributed by atoms with Crippen LogP contribution in [0.15, 0.2) is 60.9 Å². The standard InChI is InChI=1S/C20H22N6P/c1-15-13-17(3)25(22-15)27(26-18(4)14-16(2)23-26)20-10-6-8-12-24(20)19-9-5-7-11-21-19/h5-14H,1-4H3/q+1. The maximum Gasteiger partial charge on any atom is 0.328 e. The van der Waals surface area contributed by atoms with E-state index in [4.69, 9.17) is 10.2 Å². The minimum atomic E-state index is -1.06. The van der Waals surface area contributed by atoms with E-state index < -0.39 is 8.22 Å². The molecule has 0 aliphatic heterocycles. The number of nitrogens with zero attached hydrogens (tertiary/aromatic N) is 6. The van der Waals surface area contributed by atoms with Gasteiger partial charge in [-0.25, -0.2) is 8.90 Å². The summed E-state index contributed by atoms with van der Waals surface area (Å²) >= 11 is 0. The van der Waals surface area contributed by atoms with Crippen LogP contribution >= 0.6 is 8.22 Å². The minimum Gasteiger partial charge on any atom is -0.219 e. The highest BCUT2D eigenvalue weighted by Gasteiger charge is 2.29. The fraction of sp³-hybridized carbons (Fsp3) is 0.200. The molecule has 0 aliphatic rings. The van der Waals surface area contributed by atoms with Gasteiger partial charge >= 0.3 is 5.82 Å². The van der Waals surface area contributed by atoms with E-state index >= 15 is 0 Å². The average molecular weight is 377 g/mol. The van der Waals surface area contributed by atoms with Crippen LogP contribution in [0.3, 0.4) is 0 Å². The van der Waals surface area contributed by atoms with E-state index in [2.05, 4.69) is 56.6 Å². The van der Waals surface area contributed by atoms with Crippen molar-refractivity contribution >= 4 is 13.7 Å². The second-order valence-corrected chi connectivity index (χ2v) is 8.33. The van der Waals surface area contributed by atoms with Crippen LogP contribution in [0.25, 0.3) is 5.82 Å². The SMILES string of the molecule is Cc1cc(C)n(P(c2cccc[n+]2-c2ccccn2)n2nc(C)cc2C)n1. The Morgan fingerprint density at radius 1 is 0.815 bits per heavy atom. The largest absolute Gasteiger partial charge is 0.328 e. The molecule has 0 saturated carbocycles. The highest BCUT2D eigenvalue weighted by molar-refractivity contribution is 7.61. The molecule has 0 N–H and O–H groups in total. The Morgan fingerprint density at radius 3 is 1.96 bits per heavy atom. The lowest BCUT2D eigenvalue weighted by Gasteiger charge is -2.20. The number of rotatable bonds is 4. The van der Waals surface area contributed by atoms with Crippen LogP contribution in [0.1, 0.15) is 22.8 Å². The molecule has 4 heterocycles. The van der Waals surface area contributed by atoms with E-state index in [1.165, 1.54) is 0 Å². The van der Waals surface area contributed by atoms with E-state index in [0.717, 1.165) is 34.0 Å². The van der Waals surface area contributed by atoms with Crippen LogP contribution in [0, 0.1) is 27.7 Å². The lowest BCUT2D eigenvalue weighted by atomic mass is 10.4. The first-order chi connectivity index (χ1) is 13.0. The predicted octanol–water partition coefficient (Wildman–Crippen LogP) is 3.02. The Labute approximate surface area is 160 Å². The van der Waals surface area contributed by atoms with Gasteiger partial charge in [-0.15, -0.1) is 0 Å². The number of hydrogen-bond acceptors (Lipinski definition) is 3. The summed E-state index contributed by atoms with van der Waals surface area (Å²) in [6.45, 7) is 8.23. The van der Waals surface area contributed by atoms with Crippen LogP contribution in [-0.2, 0) is 0 Å². The van der Waals surface area contributed by atoms with Crippen LogP contribution in [0.2, 0.25) is 0 Å². The predicted molar refractivity (Wildman–Crippen MR) is 107 cm³/mol. The van der Waals surface area contributed by atoms with Gasteiger partial charge in [-0.2, -0.15) is 14.8 Å². The van der Waals surface area contributed by atoms with Gasteiger partial charge in [-0.05, 0) is 63.0 Å². The lowest BCUT2D eigenvalue weighted by Crippen LogP contribution is -2.48. The summed E-state index contributed by atoms with van der Waals surface area (Å²) in [5.41, 5.74) is 5.33. The molecule has 7 heteroatoms. The molecule has 0 unspecified atom stereocenters. The van der Waals surface area contributed by atoms with Gasteiger partial charge in [-0.1, -0.05) is 12.1 Å². The van der Waals surface area contributed by atoms with Crippen molar-refractivity contribution in [3.8, 4) is 5.82 Å². The van der Waals surface area contributed by atoms with Crippen molar-refractivity contribution in [1.29, 1.82) is 0 Å². The van der Waals surface area contributed by atoms with Crippen molar-refractivity contribution in [2.75, 3.05) is 0 Å². The van der Waals surface area contributed by atoms with Gasteiger partial charge < -0.3 is 0 Å². The number of pyridine rings is 2. The van der Waals surface area contributed by atoms with Crippen molar-refractivity contribution in [2.24, 2.45) is 0 Å². The van der Waals surface area contributed by atoms with E-state index in [-0.39, 0.29) is 0 Å². The molecule has 0 aliphatic carbocycles. The summed E-state index contributed by atoms with van der Waals surface area (Å²) in [6.07, 6.45) is 3.86. The van der Waals surface area contributed by atoms with Crippen molar-refractivity contribution in [3.05, 3.63) is 83.7 Å². The van der Waals surface area contributed by atoms with E-state index in [9.17, 15) is 0 Å². The van der Waals surface area contributed by atoms with Crippen molar-refractivity contribution in [3.63, 3.8) is 0 Å². The molecule has 0 aromatic carbocycles. The summed E-state index contributed by atoms with van der Waals surface area (Å²) < 4.78 is 6.32. The Kier molecular flexibility index (Phi) is 4.58. The Balaban J connectivity index is 1.99. The average Bonchev–Trinajstić information content (AvgIpc) is 3.17. The van der Waals surface area contributed by atoms with Gasteiger partial charge in [0.2, 0.25) is 8.22 Å². The fourth-order valence-electron chi connectivity index (χ4n) is 3.18. The van der Waals surface area contributed by atoms with E-state index in [1.54, 1.807) is 0 Å². The third kappa shape index (κ3) is 3.28. The molecule has 27 heavy (non-hydrogen) atoms. The highest BCUT2D eigenvalue weighted by atomic mass is 31.1. The second kappa shape index (κ2) is 7.05. The first kappa shape index (κ1) is 17.6. The van der Waals surface area contributed by atoms with Gasteiger partial charge in [0, 0.05) is 17.5 Å². The molecule has 4 rings (SSSR count). The molecular formula is C20H22N6P+. The molecule has 6 nitrogen and oxygen atoms in total. The molecule has 0 bridgehead atoms. The quantitative estimate of drug-likeness (QED) is 0.406. The van der Waals surface area contributed by atoms with Gasteiger partial charge in [-0.3, -0.25) is 0 Å². The van der Waals surface area contributed by atoms with E-state index in [1.807, 2.05) is 50.5 Å². The van der Waals surface area contributed by atoms with Crippen molar-refractivity contribution < 1.29 is 4.57 Å². The zero-order chi connectivity index (χ0) is 19.0. The van der Waals surface area contributed by atoms with Crippen molar-refractivity contribution in [2.45, 2.75) is 27.7 Å². The molecular weight excluding hydrogens is 355 g/mol. The molecule has 0 spiro atoms. The molecule has 0 atom stereocenters. The first-order valence-corrected chi connectivity index (χ1v) is 10.1. The molecule has 0 radical (unpaired) electrons. The zero-order valence-corrected chi connectivity index (χ0v) is 16.8. The Morgan fingerprint density at radius 2 is 1.44 bits per heavy atom. The van der Waals surface area contributed by atoms with Gasteiger partial charge in [0.1, 0.15) is 6.20 Å². The lowest BCUT2D eigenvalue weighted by molar-refractivity contribution is -0.580. The van der Waals surface area contributed by atoms with Gasteiger partial charge in [0.15, 0.2) is 5.44 Å². The van der Waals surface area contributed by atoms with Crippen LogP contribution < -0.4 is 10.0 Å². The summed E-state index contributed by atoms with van der Waals surface area (Å²) in [6, 6.07) is 16.4. The summed E-state index contributed by atoms with van der Waals surface area (Å²) in [5, 5.41) is 9.60.